The van der Waals surface area contributed by atoms with E-state index in [9.17, 15) is 14.3 Å². The van der Waals surface area contributed by atoms with E-state index < -0.39 is 0 Å². The fourth-order valence-electron chi connectivity index (χ4n) is 1.84. The summed E-state index contributed by atoms with van der Waals surface area (Å²) in [5.74, 6) is -0.326. The number of aliphatic hydroxyl groups excluding tert-OH is 1. The molecule has 2 rings (SSSR count). The Morgan fingerprint density at radius 3 is 2.58 bits per heavy atom. The average Bonchev–Trinajstić information content (AvgIpc) is 2.42. The van der Waals surface area contributed by atoms with Crippen molar-refractivity contribution in [2.45, 2.75) is 26.5 Å². The lowest BCUT2D eigenvalue weighted by Crippen LogP contribution is -2.26. The van der Waals surface area contributed by atoms with Gasteiger partial charge in [0.1, 0.15) is 5.82 Å². The molecule has 0 aliphatic heterocycles. The minimum absolute atomic E-state index is 0.282. The highest BCUT2D eigenvalue weighted by Crippen LogP contribution is 2.17. The Kier molecular flexibility index (Phi) is 4.06. The number of benzene rings is 1. The van der Waals surface area contributed by atoms with Gasteiger partial charge in [-0.05, 0) is 36.8 Å². The molecule has 0 aliphatic carbocycles. The van der Waals surface area contributed by atoms with Gasteiger partial charge in [0.15, 0.2) is 0 Å². The van der Waals surface area contributed by atoms with E-state index in [4.69, 9.17) is 0 Å². The van der Waals surface area contributed by atoms with Crippen molar-refractivity contribution in [3.63, 3.8) is 0 Å². The van der Waals surface area contributed by atoms with E-state index in [0.717, 1.165) is 6.42 Å². The lowest BCUT2D eigenvalue weighted by atomic mass is 10.1. The second-order valence-electron chi connectivity index (χ2n) is 4.25. The molecule has 4 nitrogen and oxygen atoms in total. The minimum atomic E-state index is -0.334. The summed E-state index contributed by atoms with van der Waals surface area (Å²) in [4.78, 5) is 11.9. The third-order valence-electron chi connectivity index (χ3n) is 2.79. The van der Waals surface area contributed by atoms with E-state index in [-0.39, 0.29) is 18.0 Å². The summed E-state index contributed by atoms with van der Waals surface area (Å²) >= 11 is 0. The highest BCUT2D eigenvalue weighted by molar-refractivity contribution is 5.58. The van der Waals surface area contributed by atoms with Crippen LogP contribution >= 0.6 is 0 Å². The maximum absolute atomic E-state index is 12.9. The van der Waals surface area contributed by atoms with Crippen LogP contribution in [0.4, 0.5) is 4.39 Å². The van der Waals surface area contributed by atoms with Crippen molar-refractivity contribution in [1.82, 2.24) is 9.78 Å². The van der Waals surface area contributed by atoms with Gasteiger partial charge in [0.25, 0.3) is 5.56 Å². The molecule has 0 aliphatic rings. The molecule has 0 amide bonds. The highest BCUT2D eigenvalue weighted by atomic mass is 19.1. The second kappa shape index (κ2) is 5.75. The van der Waals surface area contributed by atoms with Crippen LogP contribution in [0.25, 0.3) is 11.3 Å². The maximum atomic E-state index is 12.9. The van der Waals surface area contributed by atoms with Crippen molar-refractivity contribution in [3.05, 3.63) is 52.1 Å². The lowest BCUT2D eigenvalue weighted by molar-refractivity contribution is 0.278. The Morgan fingerprint density at radius 1 is 1.32 bits per heavy atom. The van der Waals surface area contributed by atoms with Crippen LogP contribution in [-0.2, 0) is 13.2 Å². The zero-order valence-corrected chi connectivity index (χ0v) is 10.6. The van der Waals surface area contributed by atoms with Gasteiger partial charge in [0.05, 0.1) is 12.3 Å². The van der Waals surface area contributed by atoms with Crippen molar-refractivity contribution in [2.24, 2.45) is 0 Å². The molecule has 1 N–H and O–H groups in total. The number of hydrogen-bond acceptors (Lipinski definition) is 3. The maximum Gasteiger partial charge on any atom is 0.272 e. The molecule has 0 bridgehead atoms. The van der Waals surface area contributed by atoms with E-state index in [0.29, 0.717) is 23.4 Å². The van der Waals surface area contributed by atoms with E-state index in [1.807, 2.05) is 6.92 Å². The zero-order valence-electron chi connectivity index (χ0n) is 10.6. The average molecular weight is 262 g/mol. The highest BCUT2D eigenvalue weighted by Gasteiger charge is 2.09. The summed E-state index contributed by atoms with van der Waals surface area (Å²) in [6.45, 7) is 2.09. The molecule has 2 aromatic rings. The molecule has 1 aromatic heterocycles. The molecule has 5 heteroatoms. The van der Waals surface area contributed by atoms with Crippen molar-refractivity contribution < 1.29 is 9.50 Å². The fraction of sp³-hybridized carbons (Fsp3) is 0.286. The van der Waals surface area contributed by atoms with Crippen LogP contribution in [0.15, 0.2) is 35.1 Å². The number of hydrogen-bond donors (Lipinski definition) is 1. The third-order valence-corrected chi connectivity index (χ3v) is 2.79. The summed E-state index contributed by atoms with van der Waals surface area (Å²) < 4.78 is 14.2. The second-order valence-corrected chi connectivity index (χ2v) is 4.25. The van der Waals surface area contributed by atoms with Crippen molar-refractivity contribution in [2.75, 3.05) is 0 Å². The van der Waals surface area contributed by atoms with Crippen LogP contribution in [-0.4, -0.2) is 14.9 Å². The van der Waals surface area contributed by atoms with E-state index in [1.165, 1.54) is 16.8 Å². The molecule has 1 heterocycles. The molecule has 0 saturated carbocycles. The van der Waals surface area contributed by atoms with Crippen LogP contribution in [0, 0.1) is 5.82 Å². The molecule has 0 unspecified atom stereocenters. The largest absolute Gasteiger partial charge is 0.391 e. The quantitative estimate of drug-likeness (QED) is 0.916. The Labute approximate surface area is 110 Å². The number of aryl methyl sites for hydroxylation is 1. The molecule has 0 spiro atoms. The predicted molar refractivity (Wildman–Crippen MR) is 70.1 cm³/mol. The SMILES string of the molecule is CCCn1nc(-c2ccc(F)cc2)cc(CO)c1=O. The molecule has 0 atom stereocenters. The van der Waals surface area contributed by atoms with Gasteiger partial charge in [0.2, 0.25) is 0 Å². The van der Waals surface area contributed by atoms with Crippen LogP contribution in [0.3, 0.4) is 0 Å². The molecule has 100 valence electrons. The monoisotopic (exact) mass is 262 g/mol. The van der Waals surface area contributed by atoms with Gasteiger partial charge in [0, 0.05) is 17.7 Å². The van der Waals surface area contributed by atoms with Gasteiger partial charge in [-0.25, -0.2) is 9.07 Å². The first-order chi connectivity index (χ1) is 9.15. The van der Waals surface area contributed by atoms with Gasteiger partial charge < -0.3 is 5.11 Å². The molecular weight excluding hydrogens is 247 g/mol. The van der Waals surface area contributed by atoms with Gasteiger partial charge in [-0.15, -0.1) is 0 Å². The number of rotatable bonds is 4. The van der Waals surface area contributed by atoms with Crippen molar-refractivity contribution in [3.8, 4) is 11.3 Å². The molecule has 0 fully saturated rings. The fourth-order valence-corrected chi connectivity index (χ4v) is 1.84. The smallest absolute Gasteiger partial charge is 0.272 e. The summed E-state index contributed by atoms with van der Waals surface area (Å²) in [6, 6.07) is 7.41. The summed E-state index contributed by atoms with van der Waals surface area (Å²) in [7, 11) is 0. The third kappa shape index (κ3) is 2.88. The Bertz CT molecular complexity index is 620. The van der Waals surface area contributed by atoms with Crippen LogP contribution < -0.4 is 5.56 Å². The number of aliphatic hydroxyl groups is 1. The van der Waals surface area contributed by atoms with Gasteiger partial charge in [-0.1, -0.05) is 6.92 Å². The lowest BCUT2D eigenvalue weighted by Gasteiger charge is -2.08. The van der Waals surface area contributed by atoms with Crippen molar-refractivity contribution in [1.29, 1.82) is 0 Å². The molecule has 19 heavy (non-hydrogen) atoms. The molecular formula is C14H15FN2O2. The molecule has 1 aromatic carbocycles. The Balaban J connectivity index is 2.54. The topological polar surface area (TPSA) is 55.1 Å². The first kappa shape index (κ1) is 13.4. The van der Waals surface area contributed by atoms with E-state index in [1.54, 1.807) is 18.2 Å². The Morgan fingerprint density at radius 2 is 2.00 bits per heavy atom. The zero-order chi connectivity index (χ0) is 13.8. The summed E-state index contributed by atoms with van der Waals surface area (Å²) in [5, 5.41) is 13.5. The van der Waals surface area contributed by atoms with Crippen LogP contribution in [0.5, 0.6) is 0 Å². The number of halogens is 1. The molecule has 0 saturated heterocycles. The molecule has 0 radical (unpaired) electrons. The van der Waals surface area contributed by atoms with E-state index in [2.05, 4.69) is 5.10 Å². The first-order valence-corrected chi connectivity index (χ1v) is 6.13. The minimum Gasteiger partial charge on any atom is -0.391 e. The number of aromatic nitrogens is 2. The van der Waals surface area contributed by atoms with Gasteiger partial charge >= 0.3 is 0 Å². The van der Waals surface area contributed by atoms with Crippen LogP contribution in [0.2, 0.25) is 0 Å². The summed E-state index contributed by atoms with van der Waals surface area (Å²) in [5.41, 5.74) is 1.27. The standard InChI is InChI=1S/C14H15FN2O2/c1-2-7-17-14(19)11(9-18)8-13(16-17)10-3-5-12(15)6-4-10/h3-6,8,18H,2,7,9H2,1H3. The van der Waals surface area contributed by atoms with Gasteiger partial charge in [-0.3, -0.25) is 4.79 Å². The first-order valence-electron chi connectivity index (χ1n) is 6.13. The number of nitrogens with zero attached hydrogens (tertiary/aromatic N) is 2. The van der Waals surface area contributed by atoms with Gasteiger partial charge in [-0.2, -0.15) is 5.10 Å². The van der Waals surface area contributed by atoms with Crippen LogP contribution in [0.1, 0.15) is 18.9 Å². The van der Waals surface area contributed by atoms with E-state index >= 15 is 0 Å². The summed E-state index contributed by atoms with van der Waals surface area (Å²) in [6.07, 6.45) is 0.768. The normalized spacial score (nSPS) is 10.7. The van der Waals surface area contributed by atoms with Crippen molar-refractivity contribution >= 4 is 0 Å². The predicted octanol–water partition coefficient (Wildman–Crippen LogP) is 1.95. The Hall–Kier alpha value is -2.01.